The Hall–Kier alpha value is -4.12. The van der Waals surface area contributed by atoms with Gasteiger partial charge in [0.25, 0.3) is 0 Å². The van der Waals surface area contributed by atoms with Crippen LogP contribution in [0.25, 0.3) is 0 Å². The third-order valence-corrected chi connectivity index (χ3v) is 5.62. The maximum Gasteiger partial charge on any atom is 0.151 e. The molecule has 0 amide bonds. The van der Waals surface area contributed by atoms with E-state index in [0.717, 1.165) is 17.1 Å². The molecule has 0 bridgehead atoms. The van der Waals surface area contributed by atoms with Crippen LogP contribution in [0.1, 0.15) is 16.7 Å². The highest BCUT2D eigenvalue weighted by Gasteiger charge is 2.22. The van der Waals surface area contributed by atoms with Crippen LogP contribution < -0.4 is 9.64 Å². The van der Waals surface area contributed by atoms with Crippen molar-refractivity contribution in [3.8, 4) is 28.7 Å². The van der Waals surface area contributed by atoms with Crippen molar-refractivity contribution in [1.29, 1.82) is 0 Å². The molecule has 0 radical (unpaired) electrons. The van der Waals surface area contributed by atoms with Gasteiger partial charge in [0, 0.05) is 16.7 Å². The molecule has 32 heavy (non-hydrogen) atoms. The summed E-state index contributed by atoms with van der Waals surface area (Å²) in [6.45, 7) is 5.49. The van der Waals surface area contributed by atoms with Crippen LogP contribution in [0.15, 0.2) is 78.9 Å². The number of phenolic OH excluding ortho intramolecular Hbond substituents is 3. The molecule has 0 spiro atoms. The highest BCUT2D eigenvalue weighted by atomic mass is 16.5. The Balaban J connectivity index is 1.94. The lowest BCUT2D eigenvalue weighted by molar-refractivity contribution is 0.448. The van der Waals surface area contributed by atoms with E-state index in [1.807, 2.05) is 55.1 Å². The summed E-state index contributed by atoms with van der Waals surface area (Å²) in [5.74, 6) is 1.61. The van der Waals surface area contributed by atoms with Crippen LogP contribution in [-0.2, 0) is 0 Å². The lowest BCUT2D eigenvalue weighted by Crippen LogP contribution is -2.13. The topological polar surface area (TPSA) is 73.2 Å². The Labute approximate surface area is 187 Å². The van der Waals surface area contributed by atoms with Crippen molar-refractivity contribution < 1.29 is 20.1 Å². The van der Waals surface area contributed by atoms with Crippen molar-refractivity contribution >= 4 is 17.1 Å². The van der Waals surface area contributed by atoms with Gasteiger partial charge < -0.3 is 25.0 Å². The first-order chi connectivity index (χ1) is 15.4. The summed E-state index contributed by atoms with van der Waals surface area (Å²) in [5, 5.41) is 30.9. The first kappa shape index (κ1) is 21.1. The number of hydrogen-bond acceptors (Lipinski definition) is 5. The first-order valence-corrected chi connectivity index (χ1v) is 10.3. The predicted octanol–water partition coefficient (Wildman–Crippen LogP) is 6.99. The van der Waals surface area contributed by atoms with Crippen LogP contribution in [0.5, 0.6) is 28.7 Å². The molecule has 0 aromatic heterocycles. The van der Waals surface area contributed by atoms with Crippen molar-refractivity contribution in [2.75, 3.05) is 4.90 Å². The van der Waals surface area contributed by atoms with E-state index in [1.165, 1.54) is 0 Å². The van der Waals surface area contributed by atoms with Crippen molar-refractivity contribution in [2.24, 2.45) is 0 Å². The van der Waals surface area contributed by atoms with Gasteiger partial charge in [0.05, 0.1) is 17.1 Å². The second-order valence-corrected chi connectivity index (χ2v) is 7.65. The van der Waals surface area contributed by atoms with E-state index in [2.05, 4.69) is 0 Å². The molecular formula is C27H25NO4. The van der Waals surface area contributed by atoms with E-state index in [4.69, 9.17) is 4.74 Å². The molecule has 0 heterocycles. The highest BCUT2D eigenvalue weighted by molar-refractivity contribution is 5.84. The van der Waals surface area contributed by atoms with E-state index in [1.54, 1.807) is 49.4 Å². The Bertz CT molecular complexity index is 1230. The molecule has 0 unspecified atom stereocenters. The van der Waals surface area contributed by atoms with Crippen LogP contribution in [0, 0.1) is 20.8 Å². The number of rotatable bonds is 5. The monoisotopic (exact) mass is 427 g/mol. The highest BCUT2D eigenvalue weighted by Crippen LogP contribution is 2.46. The van der Waals surface area contributed by atoms with Gasteiger partial charge in [-0.15, -0.1) is 0 Å². The van der Waals surface area contributed by atoms with Gasteiger partial charge in [-0.1, -0.05) is 30.3 Å². The van der Waals surface area contributed by atoms with Gasteiger partial charge in [-0.2, -0.15) is 0 Å². The predicted molar refractivity (Wildman–Crippen MR) is 127 cm³/mol. The zero-order chi connectivity index (χ0) is 22.8. The van der Waals surface area contributed by atoms with Gasteiger partial charge in [0.2, 0.25) is 0 Å². The van der Waals surface area contributed by atoms with Gasteiger partial charge in [-0.05, 0) is 69.3 Å². The maximum absolute atomic E-state index is 10.4. The smallest absolute Gasteiger partial charge is 0.151 e. The fourth-order valence-corrected chi connectivity index (χ4v) is 3.66. The number of hydrogen-bond donors (Lipinski definition) is 3. The minimum atomic E-state index is 0.157. The van der Waals surface area contributed by atoms with E-state index in [9.17, 15) is 15.3 Å². The van der Waals surface area contributed by atoms with Crippen molar-refractivity contribution in [3.05, 3.63) is 95.6 Å². The molecule has 0 saturated carbocycles. The molecule has 0 atom stereocenters. The average molecular weight is 428 g/mol. The van der Waals surface area contributed by atoms with E-state index in [-0.39, 0.29) is 17.2 Å². The quantitative estimate of drug-likeness (QED) is 0.320. The molecular weight excluding hydrogens is 402 g/mol. The van der Waals surface area contributed by atoms with E-state index >= 15 is 0 Å². The SMILES string of the molecule is Cc1c(O)cccc1Oc1ccccc1N(c1cccc(O)c1C)c1cccc(O)c1C. The summed E-state index contributed by atoms with van der Waals surface area (Å²) in [7, 11) is 0. The molecule has 0 aliphatic heterocycles. The number of para-hydroxylation sites is 2. The summed E-state index contributed by atoms with van der Waals surface area (Å²) in [6, 6.07) is 23.4. The molecule has 0 aliphatic carbocycles. The lowest BCUT2D eigenvalue weighted by Gasteiger charge is -2.30. The number of phenols is 3. The summed E-state index contributed by atoms with van der Waals surface area (Å²) in [4.78, 5) is 1.96. The summed E-state index contributed by atoms with van der Waals surface area (Å²) in [5.41, 5.74) is 4.25. The number of ether oxygens (including phenoxy) is 1. The molecule has 4 aromatic rings. The van der Waals surface area contributed by atoms with E-state index < -0.39 is 0 Å². The van der Waals surface area contributed by atoms with Crippen molar-refractivity contribution in [3.63, 3.8) is 0 Å². The van der Waals surface area contributed by atoms with Crippen molar-refractivity contribution in [1.82, 2.24) is 0 Å². The number of benzene rings is 4. The number of aromatic hydroxyl groups is 3. The summed E-state index contributed by atoms with van der Waals surface area (Å²) in [6.07, 6.45) is 0. The van der Waals surface area contributed by atoms with E-state index in [0.29, 0.717) is 28.2 Å². The van der Waals surface area contributed by atoms with Crippen LogP contribution >= 0.6 is 0 Å². The Morgan fingerprint density at radius 2 is 0.938 bits per heavy atom. The second kappa shape index (κ2) is 8.55. The van der Waals surface area contributed by atoms with Crippen LogP contribution in [0.3, 0.4) is 0 Å². The summed E-state index contributed by atoms with van der Waals surface area (Å²) >= 11 is 0. The van der Waals surface area contributed by atoms with Crippen LogP contribution in [-0.4, -0.2) is 15.3 Å². The van der Waals surface area contributed by atoms with Gasteiger partial charge in [0.1, 0.15) is 23.0 Å². The average Bonchev–Trinajstić information content (AvgIpc) is 2.78. The lowest BCUT2D eigenvalue weighted by atomic mass is 10.1. The maximum atomic E-state index is 10.4. The fourth-order valence-electron chi connectivity index (χ4n) is 3.66. The van der Waals surface area contributed by atoms with Crippen LogP contribution in [0.4, 0.5) is 17.1 Å². The van der Waals surface area contributed by atoms with Crippen molar-refractivity contribution in [2.45, 2.75) is 20.8 Å². The molecule has 3 N–H and O–H groups in total. The Kier molecular flexibility index (Phi) is 5.65. The van der Waals surface area contributed by atoms with Gasteiger partial charge in [0.15, 0.2) is 5.75 Å². The molecule has 4 rings (SSSR count). The molecule has 4 aromatic carbocycles. The third kappa shape index (κ3) is 3.81. The minimum Gasteiger partial charge on any atom is -0.508 e. The molecule has 5 nitrogen and oxygen atoms in total. The Morgan fingerprint density at radius 3 is 1.53 bits per heavy atom. The molecule has 162 valence electrons. The molecule has 0 aliphatic rings. The van der Waals surface area contributed by atoms with Crippen LogP contribution in [0.2, 0.25) is 0 Å². The van der Waals surface area contributed by atoms with Gasteiger partial charge >= 0.3 is 0 Å². The Morgan fingerprint density at radius 1 is 0.500 bits per heavy atom. The minimum absolute atomic E-state index is 0.157. The molecule has 5 heteroatoms. The second-order valence-electron chi connectivity index (χ2n) is 7.65. The zero-order valence-corrected chi connectivity index (χ0v) is 18.2. The number of anilines is 3. The fraction of sp³-hybridized carbons (Fsp3) is 0.111. The van der Waals surface area contributed by atoms with Gasteiger partial charge in [-0.3, -0.25) is 0 Å². The standard InChI is InChI=1S/C27H25NO4/c1-17-20(10-6-12-23(17)29)28(21-11-7-13-24(30)18(21)2)22-9-4-5-15-27(22)32-26-16-8-14-25(31)19(26)3/h4-16,29-31H,1-3H3. The number of nitrogens with zero attached hydrogens (tertiary/aromatic N) is 1. The zero-order valence-electron chi connectivity index (χ0n) is 18.2. The third-order valence-electron chi connectivity index (χ3n) is 5.62. The largest absolute Gasteiger partial charge is 0.508 e. The summed E-state index contributed by atoms with van der Waals surface area (Å²) < 4.78 is 6.26. The van der Waals surface area contributed by atoms with Gasteiger partial charge in [-0.25, -0.2) is 0 Å². The first-order valence-electron chi connectivity index (χ1n) is 10.3. The normalized spacial score (nSPS) is 10.7. The molecule has 0 fully saturated rings. The molecule has 0 saturated heterocycles.